The van der Waals surface area contributed by atoms with Gasteiger partial charge in [0.1, 0.15) is 0 Å². The standard InChI is InChI=1S/C12H14BrCl/c1-10-6-7-11(12(14)9-10)5-3-2-4-8-13/h2-3,6-7,9H,4-5,8H2,1H3/b3-2+. The molecule has 0 nitrogen and oxygen atoms in total. The Bertz CT molecular complexity index is 318. The van der Waals surface area contributed by atoms with Gasteiger partial charge in [-0.1, -0.05) is 51.8 Å². The van der Waals surface area contributed by atoms with Crippen LogP contribution in [0.5, 0.6) is 0 Å². The van der Waals surface area contributed by atoms with Crippen LogP contribution in [0.3, 0.4) is 0 Å². The Balaban J connectivity index is 2.59. The predicted octanol–water partition coefficient (Wildman–Crippen LogP) is 4.53. The van der Waals surface area contributed by atoms with E-state index in [2.05, 4.69) is 47.1 Å². The van der Waals surface area contributed by atoms with E-state index in [0.29, 0.717) is 0 Å². The van der Waals surface area contributed by atoms with E-state index in [1.54, 1.807) is 0 Å². The fraction of sp³-hybridized carbons (Fsp3) is 0.333. The maximum absolute atomic E-state index is 6.10. The second kappa shape index (κ2) is 6.26. The molecule has 76 valence electrons. The van der Waals surface area contributed by atoms with E-state index in [4.69, 9.17) is 11.6 Å². The Morgan fingerprint density at radius 3 is 2.79 bits per heavy atom. The van der Waals surface area contributed by atoms with Crippen molar-refractivity contribution < 1.29 is 0 Å². The molecule has 0 bridgehead atoms. The van der Waals surface area contributed by atoms with Crippen LogP contribution in [0.25, 0.3) is 0 Å². The molecule has 0 saturated heterocycles. The van der Waals surface area contributed by atoms with Crippen molar-refractivity contribution in [2.75, 3.05) is 5.33 Å². The number of benzene rings is 1. The molecule has 0 atom stereocenters. The highest BCUT2D eigenvalue weighted by Crippen LogP contribution is 2.18. The van der Waals surface area contributed by atoms with Crippen molar-refractivity contribution in [3.8, 4) is 0 Å². The normalized spacial score (nSPS) is 11.1. The largest absolute Gasteiger partial charge is 0.0925 e. The summed E-state index contributed by atoms with van der Waals surface area (Å²) >= 11 is 9.48. The Morgan fingerprint density at radius 2 is 2.14 bits per heavy atom. The quantitative estimate of drug-likeness (QED) is 0.558. The van der Waals surface area contributed by atoms with Gasteiger partial charge < -0.3 is 0 Å². The number of hydrogen-bond acceptors (Lipinski definition) is 0. The SMILES string of the molecule is Cc1ccc(C/C=C/CCBr)c(Cl)c1. The molecule has 0 unspecified atom stereocenters. The van der Waals surface area contributed by atoms with Gasteiger partial charge in [-0.05, 0) is 37.0 Å². The van der Waals surface area contributed by atoms with E-state index >= 15 is 0 Å². The number of alkyl halides is 1. The molecular formula is C12H14BrCl. The van der Waals surface area contributed by atoms with E-state index in [-0.39, 0.29) is 0 Å². The number of aryl methyl sites for hydroxylation is 1. The van der Waals surface area contributed by atoms with Crippen LogP contribution in [-0.2, 0) is 6.42 Å². The van der Waals surface area contributed by atoms with Gasteiger partial charge in [0.25, 0.3) is 0 Å². The van der Waals surface area contributed by atoms with E-state index in [9.17, 15) is 0 Å². The zero-order chi connectivity index (χ0) is 10.4. The third-order valence-corrected chi connectivity index (χ3v) is 2.80. The Kier molecular flexibility index (Phi) is 5.28. The van der Waals surface area contributed by atoms with Gasteiger partial charge in [0.05, 0.1) is 0 Å². The highest BCUT2D eigenvalue weighted by Gasteiger charge is 1.97. The lowest BCUT2D eigenvalue weighted by molar-refractivity contribution is 1.19. The van der Waals surface area contributed by atoms with Crippen LogP contribution in [0, 0.1) is 6.92 Å². The molecule has 0 aliphatic carbocycles. The molecule has 0 amide bonds. The first-order valence-electron chi connectivity index (χ1n) is 4.70. The van der Waals surface area contributed by atoms with Crippen LogP contribution >= 0.6 is 27.5 Å². The number of allylic oxidation sites excluding steroid dienone is 2. The number of halogens is 2. The van der Waals surface area contributed by atoms with Crippen molar-refractivity contribution in [1.82, 2.24) is 0 Å². The highest BCUT2D eigenvalue weighted by molar-refractivity contribution is 9.09. The molecule has 0 saturated carbocycles. The summed E-state index contributed by atoms with van der Waals surface area (Å²) in [6.07, 6.45) is 6.33. The molecule has 1 aromatic carbocycles. The Hall–Kier alpha value is -0.270. The van der Waals surface area contributed by atoms with Gasteiger partial charge in [0, 0.05) is 10.4 Å². The lowest BCUT2D eigenvalue weighted by atomic mass is 10.1. The summed E-state index contributed by atoms with van der Waals surface area (Å²) in [4.78, 5) is 0. The minimum atomic E-state index is 0.869. The van der Waals surface area contributed by atoms with Crippen LogP contribution in [0.15, 0.2) is 30.4 Å². The van der Waals surface area contributed by atoms with Gasteiger partial charge in [-0.15, -0.1) is 0 Å². The Labute approximate surface area is 99.1 Å². The molecule has 2 heteroatoms. The van der Waals surface area contributed by atoms with Crippen molar-refractivity contribution in [2.24, 2.45) is 0 Å². The fourth-order valence-electron chi connectivity index (χ4n) is 1.21. The van der Waals surface area contributed by atoms with Gasteiger partial charge in [0.2, 0.25) is 0 Å². The molecule has 0 N–H and O–H groups in total. The summed E-state index contributed by atoms with van der Waals surface area (Å²) in [5.41, 5.74) is 2.41. The summed E-state index contributed by atoms with van der Waals surface area (Å²) in [6, 6.07) is 6.20. The zero-order valence-corrected chi connectivity index (χ0v) is 10.6. The third-order valence-electron chi connectivity index (χ3n) is 1.99. The molecule has 14 heavy (non-hydrogen) atoms. The third kappa shape index (κ3) is 3.85. The van der Waals surface area contributed by atoms with Gasteiger partial charge in [-0.3, -0.25) is 0 Å². The summed E-state index contributed by atoms with van der Waals surface area (Å²) < 4.78 is 0. The molecule has 0 heterocycles. The molecule has 0 aliphatic heterocycles. The first-order valence-corrected chi connectivity index (χ1v) is 6.20. The number of hydrogen-bond donors (Lipinski definition) is 0. The van der Waals surface area contributed by atoms with Crippen molar-refractivity contribution >= 4 is 27.5 Å². The van der Waals surface area contributed by atoms with E-state index < -0.39 is 0 Å². The maximum atomic E-state index is 6.10. The van der Waals surface area contributed by atoms with Crippen LogP contribution in [0.4, 0.5) is 0 Å². The molecule has 0 radical (unpaired) electrons. The molecule has 0 spiro atoms. The fourth-order valence-corrected chi connectivity index (χ4v) is 1.79. The lowest BCUT2D eigenvalue weighted by Gasteiger charge is -2.01. The molecule has 0 fully saturated rings. The summed E-state index contributed by atoms with van der Waals surface area (Å²) in [5.74, 6) is 0. The smallest absolute Gasteiger partial charge is 0.0443 e. The Morgan fingerprint density at radius 1 is 1.36 bits per heavy atom. The van der Waals surface area contributed by atoms with Gasteiger partial charge >= 0.3 is 0 Å². The topological polar surface area (TPSA) is 0 Å². The van der Waals surface area contributed by atoms with Gasteiger partial charge in [-0.25, -0.2) is 0 Å². The maximum Gasteiger partial charge on any atom is 0.0443 e. The molecule has 0 aromatic heterocycles. The summed E-state index contributed by atoms with van der Waals surface area (Å²) in [5, 5.41) is 1.89. The van der Waals surface area contributed by atoms with Gasteiger partial charge in [-0.2, -0.15) is 0 Å². The van der Waals surface area contributed by atoms with E-state index in [1.165, 1.54) is 11.1 Å². The molecule has 1 aromatic rings. The highest BCUT2D eigenvalue weighted by atomic mass is 79.9. The summed E-state index contributed by atoms with van der Waals surface area (Å²) in [6.45, 7) is 2.05. The van der Waals surface area contributed by atoms with Crippen molar-refractivity contribution in [3.05, 3.63) is 46.5 Å². The van der Waals surface area contributed by atoms with E-state index in [0.717, 1.165) is 23.2 Å². The lowest BCUT2D eigenvalue weighted by Crippen LogP contribution is -1.84. The van der Waals surface area contributed by atoms with Crippen molar-refractivity contribution in [1.29, 1.82) is 0 Å². The molecule has 0 aliphatic rings. The minimum Gasteiger partial charge on any atom is -0.0925 e. The average molecular weight is 274 g/mol. The van der Waals surface area contributed by atoms with Crippen LogP contribution < -0.4 is 0 Å². The first kappa shape index (κ1) is 11.8. The average Bonchev–Trinajstić information content (AvgIpc) is 2.15. The first-order chi connectivity index (χ1) is 6.74. The molecule has 1 rings (SSSR count). The van der Waals surface area contributed by atoms with Crippen LogP contribution in [-0.4, -0.2) is 5.33 Å². The van der Waals surface area contributed by atoms with Crippen LogP contribution in [0.1, 0.15) is 17.5 Å². The van der Waals surface area contributed by atoms with Crippen LogP contribution in [0.2, 0.25) is 5.02 Å². The predicted molar refractivity (Wildman–Crippen MR) is 67.4 cm³/mol. The summed E-state index contributed by atoms with van der Waals surface area (Å²) in [7, 11) is 0. The second-order valence-electron chi connectivity index (χ2n) is 3.25. The minimum absolute atomic E-state index is 0.869. The monoisotopic (exact) mass is 272 g/mol. The second-order valence-corrected chi connectivity index (χ2v) is 4.45. The number of rotatable bonds is 4. The van der Waals surface area contributed by atoms with Crippen molar-refractivity contribution in [3.63, 3.8) is 0 Å². The van der Waals surface area contributed by atoms with E-state index in [1.807, 2.05) is 6.07 Å². The zero-order valence-electron chi connectivity index (χ0n) is 8.26. The molecular weight excluding hydrogens is 259 g/mol. The van der Waals surface area contributed by atoms with Gasteiger partial charge in [0.15, 0.2) is 0 Å². The van der Waals surface area contributed by atoms with Crippen molar-refractivity contribution in [2.45, 2.75) is 19.8 Å².